The summed E-state index contributed by atoms with van der Waals surface area (Å²) in [6.07, 6.45) is 4.01. The zero-order valence-corrected chi connectivity index (χ0v) is 11.7. The molecule has 1 heterocycles. The maximum atomic E-state index is 11.8. The number of nitro groups is 1. The molecule has 0 bridgehead atoms. The van der Waals surface area contributed by atoms with Crippen LogP contribution in [0.1, 0.15) is 43.3 Å². The number of ether oxygens (including phenoxy) is 1. The summed E-state index contributed by atoms with van der Waals surface area (Å²) in [4.78, 5) is 25.8. The van der Waals surface area contributed by atoms with Crippen LogP contribution in [0.25, 0.3) is 11.1 Å². The topological polar surface area (TPSA) is 95.5 Å². The summed E-state index contributed by atoms with van der Waals surface area (Å²) < 4.78 is 10.3. The summed E-state index contributed by atoms with van der Waals surface area (Å²) in [6.45, 7) is 2.42. The summed E-state index contributed by atoms with van der Waals surface area (Å²) >= 11 is 0. The minimum absolute atomic E-state index is 0.102. The van der Waals surface area contributed by atoms with Crippen LogP contribution >= 0.6 is 0 Å². The van der Waals surface area contributed by atoms with Gasteiger partial charge in [0.15, 0.2) is 5.58 Å². The highest BCUT2D eigenvalue weighted by Crippen LogP contribution is 2.21. The lowest BCUT2D eigenvalue weighted by molar-refractivity contribution is -0.384. The van der Waals surface area contributed by atoms with Crippen molar-refractivity contribution in [3.8, 4) is 0 Å². The quantitative estimate of drug-likeness (QED) is 0.335. The second kappa shape index (κ2) is 6.83. The Morgan fingerprint density at radius 2 is 2.19 bits per heavy atom. The van der Waals surface area contributed by atoms with Crippen LogP contribution in [0, 0.1) is 10.1 Å². The van der Waals surface area contributed by atoms with Crippen molar-refractivity contribution in [1.82, 2.24) is 4.98 Å². The molecule has 0 saturated heterocycles. The Hall–Kier alpha value is -2.44. The van der Waals surface area contributed by atoms with Gasteiger partial charge >= 0.3 is 11.9 Å². The molecule has 0 aliphatic heterocycles. The molecule has 0 spiro atoms. The van der Waals surface area contributed by atoms with Gasteiger partial charge in [0.1, 0.15) is 5.52 Å². The molecule has 0 atom stereocenters. The van der Waals surface area contributed by atoms with Gasteiger partial charge in [0, 0.05) is 12.1 Å². The van der Waals surface area contributed by atoms with E-state index < -0.39 is 10.9 Å². The largest absolute Gasteiger partial charge is 0.459 e. The molecule has 0 amide bonds. The molecule has 21 heavy (non-hydrogen) atoms. The van der Waals surface area contributed by atoms with Gasteiger partial charge in [-0.25, -0.2) is 9.78 Å². The first-order valence-corrected chi connectivity index (χ1v) is 6.84. The van der Waals surface area contributed by atoms with Crippen LogP contribution in [0.5, 0.6) is 0 Å². The molecule has 0 aliphatic rings. The van der Waals surface area contributed by atoms with Gasteiger partial charge in [0.2, 0.25) is 0 Å². The van der Waals surface area contributed by atoms with Crippen molar-refractivity contribution in [2.24, 2.45) is 0 Å². The normalized spacial score (nSPS) is 10.7. The lowest BCUT2D eigenvalue weighted by Crippen LogP contribution is -2.06. The number of benzene rings is 1. The van der Waals surface area contributed by atoms with E-state index in [0.29, 0.717) is 12.2 Å². The molecular formula is C14H16N2O5. The molecule has 0 unspecified atom stereocenters. The highest BCUT2D eigenvalue weighted by molar-refractivity contribution is 5.88. The molecular weight excluding hydrogens is 276 g/mol. The third-order valence-corrected chi connectivity index (χ3v) is 2.99. The van der Waals surface area contributed by atoms with Crippen LogP contribution in [-0.2, 0) is 4.74 Å². The average Bonchev–Trinajstić information content (AvgIpc) is 2.89. The first-order chi connectivity index (χ1) is 10.1. The van der Waals surface area contributed by atoms with Crippen molar-refractivity contribution in [2.45, 2.75) is 32.6 Å². The fourth-order valence-corrected chi connectivity index (χ4v) is 1.87. The Labute approximate surface area is 121 Å². The van der Waals surface area contributed by atoms with Crippen LogP contribution in [-0.4, -0.2) is 22.5 Å². The van der Waals surface area contributed by atoms with E-state index in [0.717, 1.165) is 25.7 Å². The molecule has 7 nitrogen and oxygen atoms in total. The Morgan fingerprint density at radius 1 is 1.38 bits per heavy atom. The fourth-order valence-electron chi connectivity index (χ4n) is 1.87. The second-order valence-electron chi connectivity index (χ2n) is 4.62. The summed E-state index contributed by atoms with van der Waals surface area (Å²) in [7, 11) is 0. The zero-order valence-electron chi connectivity index (χ0n) is 11.7. The average molecular weight is 292 g/mol. The molecule has 2 rings (SSSR count). The van der Waals surface area contributed by atoms with Gasteiger partial charge in [0.25, 0.3) is 5.69 Å². The number of esters is 1. The maximum absolute atomic E-state index is 11.8. The van der Waals surface area contributed by atoms with E-state index in [-0.39, 0.29) is 17.1 Å². The number of aromatic nitrogens is 1. The SMILES string of the molecule is CCCCCCOC(=O)c1nc2cc([N+](=O)[O-])ccc2o1. The van der Waals surface area contributed by atoms with Crippen LogP contribution in [0.3, 0.4) is 0 Å². The summed E-state index contributed by atoms with van der Waals surface area (Å²) in [5.41, 5.74) is 0.482. The number of nitrogens with zero attached hydrogens (tertiary/aromatic N) is 2. The van der Waals surface area contributed by atoms with Crippen molar-refractivity contribution in [3.05, 3.63) is 34.2 Å². The van der Waals surface area contributed by atoms with Gasteiger partial charge < -0.3 is 9.15 Å². The monoisotopic (exact) mass is 292 g/mol. The third kappa shape index (κ3) is 3.77. The van der Waals surface area contributed by atoms with Crippen LogP contribution in [0.4, 0.5) is 5.69 Å². The Bertz CT molecular complexity index is 650. The van der Waals surface area contributed by atoms with Gasteiger partial charge in [-0.3, -0.25) is 10.1 Å². The van der Waals surface area contributed by atoms with Gasteiger partial charge in [0.05, 0.1) is 11.5 Å². The smallest absolute Gasteiger partial charge is 0.394 e. The lowest BCUT2D eigenvalue weighted by atomic mass is 10.2. The standard InChI is InChI=1S/C14H16N2O5/c1-2-3-4-5-8-20-14(17)13-15-11-9-10(16(18)19)6-7-12(11)21-13/h6-7,9H,2-5,8H2,1H3. The molecule has 1 aromatic heterocycles. The highest BCUT2D eigenvalue weighted by atomic mass is 16.6. The maximum Gasteiger partial charge on any atom is 0.394 e. The van der Waals surface area contributed by atoms with E-state index in [2.05, 4.69) is 11.9 Å². The van der Waals surface area contributed by atoms with Crippen molar-refractivity contribution in [2.75, 3.05) is 6.61 Å². The van der Waals surface area contributed by atoms with Crippen LogP contribution in [0.2, 0.25) is 0 Å². The van der Waals surface area contributed by atoms with Crippen LogP contribution < -0.4 is 0 Å². The zero-order chi connectivity index (χ0) is 15.2. The van der Waals surface area contributed by atoms with Crippen molar-refractivity contribution in [3.63, 3.8) is 0 Å². The van der Waals surface area contributed by atoms with Crippen molar-refractivity contribution in [1.29, 1.82) is 0 Å². The number of oxazole rings is 1. The molecule has 0 N–H and O–H groups in total. The number of non-ortho nitro benzene ring substituents is 1. The molecule has 0 saturated carbocycles. The number of fused-ring (bicyclic) bond motifs is 1. The molecule has 0 fully saturated rings. The van der Waals surface area contributed by atoms with E-state index in [1.165, 1.54) is 18.2 Å². The first-order valence-electron chi connectivity index (χ1n) is 6.84. The van der Waals surface area contributed by atoms with E-state index in [9.17, 15) is 14.9 Å². The van der Waals surface area contributed by atoms with Crippen LogP contribution in [0.15, 0.2) is 22.6 Å². The Morgan fingerprint density at radius 3 is 2.90 bits per heavy atom. The molecule has 2 aromatic rings. The van der Waals surface area contributed by atoms with E-state index >= 15 is 0 Å². The number of rotatable bonds is 7. The van der Waals surface area contributed by atoms with Gasteiger partial charge in [-0.15, -0.1) is 0 Å². The summed E-state index contributed by atoms with van der Waals surface area (Å²) in [5, 5.41) is 10.7. The van der Waals surface area contributed by atoms with Gasteiger partial charge in [-0.2, -0.15) is 0 Å². The predicted octanol–water partition coefficient (Wildman–Crippen LogP) is 3.47. The molecule has 7 heteroatoms. The van der Waals surface area contributed by atoms with Crippen molar-refractivity contribution < 1.29 is 18.9 Å². The highest BCUT2D eigenvalue weighted by Gasteiger charge is 2.17. The molecule has 112 valence electrons. The van der Waals surface area contributed by atoms with E-state index in [4.69, 9.17) is 9.15 Å². The van der Waals surface area contributed by atoms with E-state index in [1.54, 1.807) is 0 Å². The summed E-state index contributed by atoms with van der Waals surface area (Å²) in [5.74, 6) is -0.827. The fraction of sp³-hybridized carbons (Fsp3) is 0.429. The summed E-state index contributed by atoms with van der Waals surface area (Å²) in [6, 6.07) is 3.97. The Balaban J connectivity index is 2.01. The van der Waals surface area contributed by atoms with Gasteiger partial charge in [-0.05, 0) is 12.5 Å². The number of unbranched alkanes of at least 4 members (excludes halogenated alkanes) is 3. The molecule has 0 radical (unpaired) electrons. The van der Waals surface area contributed by atoms with E-state index in [1.807, 2.05) is 0 Å². The minimum atomic E-state index is -0.648. The number of carbonyl (C=O) groups is 1. The predicted molar refractivity (Wildman–Crippen MR) is 75.1 cm³/mol. The third-order valence-electron chi connectivity index (χ3n) is 2.99. The minimum Gasteiger partial charge on any atom is -0.459 e. The number of carbonyl (C=O) groups excluding carboxylic acids is 1. The van der Waals surface area contributed by atoms with Gasteiger partial charge in [-0.1, -0.05) is 26.2 Å². The number of nitro benzene ring substituents is 1. The second-order valence-corrected chi connectivity index (χ2v) is 4.62. The number of hydrogen-bond acceptors (Lipinski definition) is 6. The Kier molecular flexibility index (Phi) is 4.86. The first kappa shape index (κ1) is 15.0. The lowest BCUT2D eigenvalue weighted by Gasteiger charge is -2.00. The van der Waals surface area contributed by atoms with Crippen molar-refractivity contribution >= 4 is 22.8 Å². The molecule has 0 aliphatic carbocycles. The number of hydrogen-bond donors (Lipinski definition) is 0. The molecule has 1 aromatic carbocycles.